The van der Waals surface area contributed by atoms with E-state index in [1.54, 1.807) is 4.90 Å². The number of halogens is 1. The monoisotopic (exact) mass is 279 g/mol. The number of para-hydroxylation sites is 1. The van der Waals surface area contributed by atoms with Crippen molar-refractivity contribution in [2.75, 3.05) is 17.2 Å². The number of hydrogen-bond acceptors (Lipinski definition) is 2. The molecule has 2 aliphatic rings. The minimum Gasteiger partial charge on any atom is -0.307 e. The molecule has 82 valence electrons. The largest absolute Gasteiger partial charge is 0.327 e. The average Bonchev–Trinajstić information content (AvgIpc) is 2.74. The fourth-order valence-corrected chi connectivity index (χ4v) is 2.38. The van der Waals surface area contributed by atoms with Crippen LogP contribution in [0, 0.1) is 0 Å². The van der Waals surface area contributed by atoms with Gasteiger partial charge in [-0.05, 0) is 12.1 Å². The number of nitrogens with zero attached hydrogens (tertiary/aromatic N) is 2. The van der Waals surface area contributed by atoms with E-state index in [9.17, 15) is 4.79 Å². The zero-order valence-corrected chi connectivity index (χ0v) is 10.1. The summed E-state index contributed by atoms with van der Waals surface area (Å²) in [5.41, 5.74) is 1.85. The number of rotatable bonds is 1. The number of fused-ring (bicyclic) bond motifs is 3. The third-order valence-electron chi connectivity index (χ3n) is 2.79. The number of urea groups is 1. The normalized spacial score (nSPS) is 22.3. The van der Waals surface area contributed by atoms with E-state index < -0.39 is 0 Å². The van der Waals surface area contributed by atoms with Crippen LogP contribution in [0.3, 0.4) is 0 Å². The van der Waals surface area contributed by atoms with Gasteiger partial charge in [-0.1, -0.05) is 28.1 Å². The predicted molar refractivity (Wildman–Crippen MR) is 66.3 cm³/mol. The lowest BCUT2D eigenvalue weighted by molar-refractivity contribution is 0.234. The van der Waals surface area contributed by atoms with Gasteiger partial charge in [0.05, 0.1) is 18.3 Å². The van der Waals surface area contributed by atoms with Crippen molar-refractivity contribution in [1.82, 2.24) is 4.90 Å². The molecule has 0 saturated heterocycles. The molecule has 4 nitrogen and oxygen atoms in total. The molecule has 0 radical (unpaired) electrons. The molecule has 2 amide bonds. The first-order valence-electron chi connectivity index (χ1n) is 5.11. The highest BCUT2D eigenvalue weighted by atomic mass is 79.9. The van der Waals surface area contributed by atoms with Gasteiger partial charge in [0.15, 0.2) is 0 Å². The summed E-state index contributed by atoms with van der Waals surface area (Å²) in [5.74, 6) is 0.795. The Morgan fingerprint density at radius 2 is 2.31 bits per heavy atom. The maximum Gasteiger partial charge on any atom is 0.327 e. The van der Waals surface area contributed by atoms with E-state index in [0.29, 0.717) is 6.54 Å². The minimum atomic E-state index is -0.0825. The molecule has 0 spiro atoms. The highest BCUT2D eigenvalue weighted by molar-refractivity contribution is 9.09. The van der Waals surface area contributed by atoms with Crippen LogP contribution in [0.5, 0.6) is 0 Å². The van der Waals surface area contributed by atoms with Gasteiger partial charge in [0, 0.05) is 10.9 Å². The van der Waals surface area contributed by atoms with Crippen molar-refractivity contribution >= 4 is 33.5 Å². The summed E-state index contributed by atoms with van der Waals surface area (Å²) >= 11 is 3.40. The number of amides is 2. The highest BCUT2D eigenvalue weighted by Gasteiger charge is 2.35. The number of alkyl halides is 1. The Hall–Kier alpha value is -1.36. The molecule has 3 rings (SSSR count). The molecule has 0 fully saturated rings. The van der Waals surface area contributed by atoms with Gasteiger partial charge in [-0.25, -0.2) is 4.79 Å². The second-order valence-electron chi connectivity index (χ2n) is 3.85. The third kappa shape index (κ3) is 1.35. The number of aliphatic imine (C=N–C) groups is 1. The van der Waals surface area contributed by atoms with E-state index in [1.165, 1.54) is 0 Å². The lowest BCUT2D eigenvalue weighted by Gasteiger charge is -2.26. The molecule has 0 aromatic heterocycles. The van der Waals surface area contributed by atoms with Crippen molar-refractivity contribution in [1.29, 1.82) is 0 Å². The number of amidine groups is 1. The molecule has 2 aliphatic heterocycles. The fourth-order valence-electron chi connectivity index (χ4n) is 2.03. The van der Waals surface area contributed by atoms with Crippen molar-refractivity contribution in [3.05, 3.63) is 29.8 Å². The van der Waals surface area contributed by atoms with Gasteiger partial charge in [0.25, 0.3) is 0 Å². The summed E-state index contributed by atoms with van der Waals surface area (Å²) in [6, 6.07) is 7.82. The first-order valence-corrected chi connectivity index (χ1v) is 6.23. The van der Waals surface area contributed by atoms with Gasteiger partial charge in [-0.2, -0.15) is 0 Å². The van der Waals surface area contributed by atoms with Crippen LogP contribution >= 0.6 is 15.9 Å². The van der Waals surface area contributed by atoms with Crippen molar-refractivity contribution in [3.8, 4) is 0 Å². The minimum absolute atomic E-state index is 0.0825. The quantitative estimate of drug-likeness (QED) is 0.786. The van der Waals surface area contributed by atoms with Crippen LogP contribution in [0.4, 0.5) is 10.5 Å². The Labute approximate surface area is 101 Å². The average molecular weight is 280 g/mol. The lowest BCUT2D eigenvalue weighted by Crippen LogP contribution is -2.43. The molecular weight excluding hydrogens is 270 g/mol. The number of nitrogens with one attached hydrogen (secondary N) is 1. The van der Waals surface area contributed by atoms with E-state index in [2.05, 4.69) is 26.2 Å². The van der Waals surface area contributed by atoms with Gasteiger partial charge >= 0.3 is 6.03 Å². The molecule has 0 aliphatic carbocycles. The van der Waals surface area contributed by atoms with Crippen molar-refractivity contribution < 1.29 is 4.79 Å². The van der Waals surface area contributed by atoms with E-state index in [1.807, 2.05) is 24.3 Å². The first kappa shape index (κ1) is 9.84. The standard InChI is InChI=1S/C11H10BrN3O/c12-5-7-6-15-10(13-7)8-3-1-2-4-9(8)14-11(15)16/h1-4,7H,5-6H2,(H,14,16). The van der Waals surface area contributed by atoms with E-state index in [4.69, 9.17) is 0 Å². The maximum atomic E-state index is 11.8. The molecule has 5 heteroatoms. The molecule has 0 bridgehead atoms. The predicted octanol–water partition coefficient (Wildman–Crippen LogP) is 2.06. The Balaban J connectivity index is 2.11. The molecule has 0 saturated carbocycles. The first-order chi connectivity index (χ1) is 7.79. The van der Waals surface area contributed by atoms with Crippen LogP contribution in [0.25, 0.3) is 0 Å². The second-order valence-corrected chi connectivity index (χ2v) is 4.49. The molecule has 1 aromatic carbocycles. The van der Waals surface area contributed by atoms with E-state index in [0.717, 1.165) is 22.4 Å². The number of benzene rings is 1. The summed E-state index contributed by atoms with van der Waals surface area (Å²) in [4.78, 5) is 18.1. The van der Waals surface area contributed by atoms with Crippen LogP contribution < -0.4 is 5.32 Å². The highest BCUT2D eigenvalue weighted by Crippen LogP contribution is 2.27. The van der Waals surface area contributed by atoms with Crippen LogP contribution in [0.1, 0.15) is 5.56 Å². The number of hydrogen-bond donors (Lipinski definition) is 1. The summed E-state index contributed by atoms with van der Waals surface area (Å²) < 4.78 is 0. The lowest BCUT2D eigenvalue weighted by atomic mass is 10.1. The van der Waals surface area contributed by atoms with Gasteiger partial charge in [0.1, 0.15) is 5.84 Å². The maximum absolute atomic E-state index is 11.8. The molecule has 1 unspecified atom stereocenters. The fraction of sp³-hybridized carbons (Fsp3) is 0.273. The Morgan fingerprint density at radius 1 is 1.50 bits per heavy atom. The van der Waals surface area contributed by atoms with Crippen LogP contribution in [-0.2, 0) is 0 Å². The van der Waals surface area contributed by atoms with E-state index in [-0.39, 0.29) is 12.1 Å². The second kappa shape index (κ2) is 3.59. The van der Waals surface area contributed by atoms with E-state index >= 15 is 0 Å². The third-order valence-corrected chi connectivity index (χ3v) is 3.53. The Kier molecular flexibility index (Phi) is 2.21. The van der Waals surface area contributed by atoms with Crippen LogP contribution in [0.2, 0.25) is 0 Å². The number of carbonyl (C=O) groups is 1. The smallest absolute Gasteiger partial charge is 0.307 e. The summed E-state index contributed by atoms with van der Waals surface area (Å²) in [5, 5.41) is 3.65. The van der Waals surface area contributed by atoms with Gasteiger partial charge in [-0.3, -0.25) is 9.89 Å². The molecule has 1 N–H and O–H groups in total. The molecule has 1 aromatic rings. The van der Waals surface area contributed by atoms with Crippen LogP contribution in [0.15, 0.2) is 29.3 Å². The Morgan fingerprint density at radius 3 is 3.12 bits per heavy atom. The topological polar surface area (TPSA) is 44.7 Å². The van der Waals surface area contributed by atoms with Gasteiger partial charge < -0.3 is 5.32 Å². The van der Waals surface area contributed by atoms with Gasteiger partial charge in [-0.15, -0.1) is 0 Å². The molecule has 2 heterocycles. The van der Waals surface area contributed by atoms with Gasteiger partial charge in [0.2, 0.25) is 0 Å². The Bertz CT molecular complexity index is 486. The molecular formula is C11H10BrN3O. The molecule has 1 atom stereocenters. The zero-order valence-electron chi connectivity index (χ0n) is 8.48. The summed E-state index contributed by atoms with van der Waals surface area (Å²) in [6.45, 7) is 0.654. The zero-order chi connectivity index (χ0) is 11.1. The summed E-state index contributed by atoms with van der Waals surface area (Å²) in [7, 11) is 0. The summed E-state index contributed by atoms with van der Waals surface area (Å²) in [6.07, 6.45) is 0. The number of carbonyl (C=O) groups excluding carboxylic acids is 1. The van der Waals surface area contributed by atoms with Crippen molar-refractivity contribution in [2.24, 2.45) is 4.99 Å². The van der Waals surface area contributed by atoms with Crippen LogP contribution in [-0.4, -0.2) is 34.7 Å². The SMILES string of the molecule is O=C1Nc2ccccc2C2=NC(CBr)CN12. The van der Waals surface area contributed by atoms with Crippen molar-refractivity contribution in [2.45, 2.75) is 6.04 Å². The number of anilines is 1. The molecule has 16 heavy (non-hydrogen) atoms. The van der Waals surface area contributed by atoms with Crippen molar-refractivity contribution in [3.63, 3.8) is 0 Å².